The van der Waals surface area contributed by atoms with E-state index < -0.39 is 0 Å². The van der Waals surface area contributed by atoms with Crippen molar-refractivity contribution in [2.45, 2.75) is 19.8 Å². The van der Waals surface area contributed by atoms with Gasteiger partial charge in [-0.1, -0.05) is 55.0 Å². The number of fused-ring (bicyclic) bond motifs is 2. The first kappa shape index (κ1) is 23.6. The SMILES string of the molecule is CC/C1=C/[N-]c2ccccc2NCCCNc2ccccc2N=C1.[N-]=C=S.[Ni+2]. The van der Waals surface area contributed by atoms with Crippen molar-refractivity contribution in [3.05, 3.63) is 71.0 Å². The molecule has 2 N–H and O–H groups in total. The summed E-state index contributed by atoms with van der Waals surface area (Å²) in [6, 6.07) is 16.3. The fraction of sp³-hybridized carbons (Fsp3) is 0.238. The Balaban J connectivity index is 0.000000921. The van der Waals surface area contributed by atoms with E-state index in [1.54, 1.807) is 0 Å². The fourth-order valence-corrected chi connectivity index (χ4v) is 2.53. The Kier molecular flexibility index (Phi) is 11.5. The van der Waals surface area contributed by atoms with Crippen molar-refractivity contribution in [1.82, 2.24) is 0 Å². The first-order valence-electron chi connectivity index (χ1n) is 8.89. The normalized spacial score (nSPS) is 14.8. The number of isothiocyanates is 1. The third-order valence-electron chi connectivity index (χ3n) is 3.94. The third kappa shape index (κ3) is 7.65. The molecule has 1 heterocycles. The Morgan fingerprint density at radius 1 is 1.07 bits per heavy atom. The van der Waals surface area contributed by atoms with Gasteiger partial charge in [0.05, 0.1) is 11.4 Å². The van der Waals surface area contributed by atoms with Gasteiger partial charge in [0.15, 0.2) is 0 Å². The summed E-state index contributed by atoms with van der Waals surface area (Å²) in [7, 11) is 0. The predicted molar refractivity (Wildman–Crippen MR) is 120 cm³/mol. The Hall–Kier alpha value is -2.46. The van der Waals surface area contributed by atoms with E-state index in [2.05, 4.69) is 52.2 Å². The second-order valence-corrected chi connectivity index (χ2v) is 5.96. The van der Waals surface area contributed by atoms with E-state index in [9.17, 15) is 0 Å². The molecular formula is C21H23N5NiS. The van der Waals surface area contributed by atoms with Crippen LogP contribution in [0.15, 0.2) is 65.3 Å². The second kappa shape index (κ2) is 13.7. The molecule has 0 atom stereocenters. The van der Waals surface area contributed by atoms with Gasteiger partial charge in [-0.25, -0.2) is 0 Å². The number of benzene rings is 2. The zero-order valence-electron chi connectivity index (χ0n) is 15.7. The standard InChI is InChI=1S/C20H23N4.CNS.Ni/c1-2-16-14-23-19-10-5-3-8-17(19)21-12-7-13-22-18-9-4-6-11-20(18)24-15-16;2-1-3;/h3-6,8-11,14-15,21-22H,2,7,12-13H2,1H3;;/q2*-1;+2/b16-14-,24-15?;;. The van der Waals surface area contributed by atoms with Crippen molar-refractivity contribution in [3.63, 3.8) is 0 Å². The van der Waals surface area contributed by atoms with Gasteiger partial charge in [0, 0.05) is 25.0 Å². The summed E-state index contributed by atoms with van der Waals surface area (Å²) in [6.07, 6.45) is 5.72. The molecule has 1 aliphatic heterocycles. The van der Waals surface area contributed by atoms with E-state index in [4.69, 9.17) is 5.41 Å². The molecule has 148 valence electrons. The predicted octanol–water partition coefficient (Wildman–Crippen LogP) is 6.27. The molecule has 1 aliphatic rings. The maximum Gasteiger partial charge on any atom is 2.00 e. The molecule has 2 aromatic carbocycles. The number of thiocarbonyl (C=S) groups is 1. The average molecular weight is 436 g/mol. The molecule has 0 bridgehead atoms. The molecule has 0 aliphatic carbocycles. The molecule has 7 heteroatoms. The third-order valence-corrected chi connectivity index (χ3v) is 3.94. The molecule has 0 spiro atoms. The molecule has 0 radical (unpaired) electrons. The minimum absolute atomic E-state index is 0. The number of hydrogen-bond acceptors (Lipinski definition) is 4. The quantitative estimate of drug-likeness (QED) is 0.314. The largest absolute Gasteiger partial charge is 2.00 e. The van der Waals surface area contributed by atoms with Crippen molar-refractivity contribution in [2.24, 2.45) is 4.99 Å². The van der Waals surface area contributed by atoms with Gasteiger partial charge < -0.3 is 21.4 Å². The summed E-state index contributed by atoms with van der Waals surface area (Å²) in [5.74, 6) is 0. The van der Waals surface area contributed by atoms with Crippen LogP contribution >= 0.6 is 12.2 Å². The smallest absolute Gasteiger partial charge is 0.753 e. The molecule has 0 saturated carbocycles. The molecule has 2 aromatic rings. The summed E-state index contributed by atoms with van der Waals surface area (Å²) < 4.78 is 0. The number of nitrogens with zero attached hydrogens (tertiary/aromatic N) is 3. The van der Waals surface area contributed by atoms with Crippen LogP contribution in [0.3, 0.4) is 0 Å². The van der Waals surface area contributed by atoms with Crippen molar-refractivity contribution >= 4 is 46.3 Å². The van der Waals surface area contributed by atoms with Crippen LogP contribution in [-0.2, 0) is 16.5 Å². The topological polar surface area (TPSA) is 72.8 Å². The molecule has 0 unspecified atom stereocenters. The Morgan fingerprint density at radius 3 is 2.39 bits per heavy atom. The van der Waals surface area contributed by atoms with Crippen LogP contribution in [-0.4, -0.2) is 24.5 Å². The van der Waals surface area contributed by atoms with E-state index >= 15 is 0 Å². The Bertz CT molecular complexity index is 829. The average Bonchev–Trinajstić information content (AvgIpc) is 2.70. The number of allylic oxidation sites excluding steroid dienone is 1. The second-order valence-electron chi connectivity index (χ2n) is 5.78. The van der Waals surface area contributed by atoms with Crippen LogP contribution in [0.5, 0.6) is 0 Å². The first-order chi connectivity index (χ1) is 13.3. The minimum atomic E-state index is 0. The van der Waals surface area contributed by atoms with E-state index in [1.165, 1.54) is 5.16 Å². The van der Waals surface area contributed by atoms with Crippen LogP contribution in [0.2, 0.25) is 0 Å². The van der Waals surface area contributed by atoms with Gasteiger partial charge in [-0.15, -0.1) is 5.69 Å². The van der Waals surface area contributed by atoms with Crippen LogP contribution in [0.1, 0.15) is 19.8 Å². The van der Waals surface area contributed by atoms with Crippen molar-refractivity contribution in [2.75, 3.05) is 23.7 Å². The zero-order chi connectivity index (χ0) is 19.3. The number of para-hydroxylation sites is 4. The van der Waals surface area contributed by atoms with E-state index in [0.29, 0.717) is 0 Å². The van der Waals surface area contributed by atoms with Gasteiger partial charge >= 0.3 is 16.5 Å². The molecule has 0 fully saturated rings. The van der Waals surface area contributed by atoms with Crippen molar-refractivity contribution < 1.29 is 16.5 Å². The van der Waals surface area contributed by atoms with Gasteiger partial charge in [-0.05, 0) is 31.0 Å². The van der Waals surface area contributed by atoms with Crippen LogP contribution in [0, 0.1) is 0 Å². The van der Waals surface area contributed by atoms with E-state index in [-0.39, 0.29) is 16.5 Å². The fourth-order valence-electron chi connectivity index (χ4n) is 2.53. The minimum Gasteiger partial charge on any atom is -0.753 e. The summed E-state index contributed by atoms with van der Waals surface area (Å²) in [4.78, 5) is 4.65. The zero-order valence-corrected chi connectivity index (χ0v) is 17.5. The number of aliphatic imine (C=N–C) groups is 1. The molecule has 5 nitrogen and oxygen atoms in total. The molecule has 0 amide bonds. The van der Waals surface area contributed by atoms with Crippen molar-refractivity contribution in [3.8, 4) is 0 Å². The molecule has 3 rings (SSSR count). The van der Waals surface area contributed by atoms with Gasteiger partial charge in [0.25, 0.3) is 0 Å². The van der Waals surface area contributed by atoms with Gasteiger partial charge in [-0.3, -0.25) is 4.99 Å². The summed E-state index contributed by atoms with van der Waals surface area (Å²) in [5, 5.41) is 20.1. The molecule has 0 saturated heterocycles. The first-order valence-corrected chi connectivity index (χ1v) is 9.30. The number of anilines is 2. The van der Waals surface area contributed by atoms with Crippen LogP contribution in [0.4, 0.5) is 22.7 Å². The van der Waals surface area contributed by atoms with E-state index in [1.807, 2.05) is 48.8 Å². The van der Waals surface area contributed by atoms with Gasteiger partial charge in [-0.2, -0.15) is 11.4 Å². The van der Waals surface area contributed by atoms with Gasteiger partial charge in [0.1, 0.15) is 0 Å². The number of nitrogens with one attached hydrogen (secondary N) is 2. The number of hydrogen-bond donors (Lipinski definition) is 2. The van der Waals surface area contributed by atoms with Crippen LogP contribution in [0.25, 0.3) is 10.7 Å². The summed E-state index contributed by atoms with van der Waals surface area (Å²) in [5.41, 5.74) is 5.15. The summed E-state index contributed by atoms with van der Waals surface area (Å²) in [6.45, 7) is 3.91. The summed E-state index contributed by atoms with van der Waals surface area (Å²) >= 11 is 3.70. The van der Waals surface area contributed by atoms with Crippen LogP contribution < -0.4 is 10.6 Å². The monoisotopic (exact) mass is 435 g/mol. The molecule has 0 aromatic heterocycles. The number of rotatable bonds is 1. The molecule has 28 heavy (non-hydrogen) atoms. The Labute approximate surface area is 182 Å². The van der Waals surface area contributed by atoms with E-state index in [0.717, 1.165) is 54.3 Å². The Morgan fingerprint density at radius 2 is 1.68 bits per heavy atom. The van der Waals surface area contributed by atoms with Crippen molar-refractivity contribution in [1.29, 1.82) is 0 Å². The maximum absolute atomic E-state index is 7.13. The molecular weight excluding hydrogens is 413 g/mol. The van der Waals surface area contributed by atoms with Gasteiger partial charge in [0.2, 0.25) is 0 Å². The maximum atomic E-state index is 7.13.